The first-order valence-corrected chi connectivity index (χ1v) is 17.8. The van der Waals surface area contributed by atoms with E-state index in [-0.39, 0.29) is 0 Å². The molecule has 11 rings (SSSR count). The van der Waals surface area contributed by atoms with Crippen LogP contribution in [0.1, 0.15) is 41.4 Å². The number of fused-ring (bicyclic) bond motifs is 12. The fraction of sp³-hybridized carbons (Fsp3) is 0.0851. The van der Waals surface area contributed by atoms with Gasteiger partial charge in [0, 0.05) is 21.9 Å². The van der Waals surface area contributed by atoms with E-state index in [4.69, 9.17) is 15.0 Å². The van der Waals surface area contributed by atoms with Crippen LogP contribution in [-0.4, -0.2) is 19.5 Å². The topological polar surface area (TPSA) is 43.6 Å². The molecule has 0 fully saturated rings. The van der Waals surface area contributed by atoms with Crippen molar-refractivity contribution in [2.45, 2.75) is 18.8 Å². The van der Waals surface area contributed by atoms with E-state index in [9.17, 15) is 0 Å². The highest BCUT2D eigenvalue weighted by atomic mass is 15.0. The van der Waals surface area contributed by atoms with Gasteiger partial charge in [-0.1, -0.05) is 153 Å². The van der Waals surface area contributed by atoms with Gasteiger partial charge in [-0.2, -0.15) is 0 Å². The third-order valence-electron chi connectivity index (χ3n) is 11.2. The highest BCUT2D eigenvalue weighted by Gasteiger charge is 2.50. The van der Waals surface area contributed by atoms with Crippen LogP contribution in [0.2, 0.25) is 0 Å². The van der Waals surface area contributed by atoms with Crippen LogP contribution in [0.3, 0.4) is 0 Å². The largest absolute Gasteiger partial charge is 0.309 e. The second-order valence-corrected chi connectivity index (χ2v) is 14.1. The van der Waals surface area contributed by atoms with Crippen LogP contribution in [-0.2, 0) is 5.41 Å². The number of benzene rings is 6. The summed E-state index contributed by atoms with van der Waals surface area (Å²) in [5.41, 5.74) is 14.0. The van der Waals surface area contributed by atoms with Gasteiger partial charge in [0.05, 0.1) is 22.1 Å². The first kappa shape index (κ1) is 28.4. The minimum atomic E-state index is -0.486. The third kappa shape index (κ3) is 3.87. The summed E-state index contributed by atoms with van der Waals surface area (Å²) in [4.78, 5) is 15.4. The molecule has 0 amide bonds. The van der Waals surface area contributed by atoms with Gasteiger partial charge in [-0.3, -0.25) is 0 Å². The molecule has 0 saturated carbocycles. The molecule has 4 heteroatoms. The van der Waals surface area contributed by atoms with Crippen LogP contribution < -0.4 is 0 Å². The molecule has 2 aromatic heterocycles. The van der Waals surface area contributed by atoms with Crippen molar-refractivity contribution in [3.63, 3.8) is 0 Å². The fourth-order valence-electron chi connectivity index (χ4n) is 9.08. The van der Waals surface area contributed by atoms with Crippen molar-refractivity contribution in [1.82, 2.24) is 19.5 Å². The lowest BCUT2D eigenvalue weighted by atomic mass is 9.65. The maximum Gasteiger partial charge on any atom is 0.164 e. The standard InChI is InChI=1S/C47H32N4/c1-29-13-11-16-31(27-29)45-48-44(30-14-3-2-4-15-30)49-46(50-45)32-25-26-39-42(28-32)51-41-24-10-7-19-35(41)36-20-12-23-40(43(36)51)47(39)37-21-8-5-17-33(37)34-18-6-9-22-38(34)47/h2-26,28-29H,27H2,1H3. The predicted molar refractivity (Wildman–Crippen MR) is 207 cm³/mol. The van der Waals surface area contributed by atoms with Crippen molar-refractivity contribution in [2.24, 2.45) is 5.92 Å². The normalized spacial score (nSPS) is 16.3. The van der Waals surface area contributed by atoms with Crippen LogP contribution in [0.25, 0.3) is 67.0 Å². The van der Waals surface area contributed by atoms with Gasteiger partial charge in [0.15, 0.2) is 17.5 Å². The summed E-state index contributed by atoms with van der Waals surface area (Å²) >= 11 is 0. The van der Waals surface area contributed by atoms with Crippen LogP contribution in [0.5, 0.6) is 0 Å². The zero-order chi connectivity index (χ0) is 33.7. The lowest BCUT2D eigenvalue weighted by Gasteiger charge is -2.39. The van der Waals surface area contributed by atoms with Crippen molar-refractivity contribution in [3.05, 3.63) is 186 Å². The SMILES string of the molecule is CC1C=CC=C(c2nc(-c3ccccc3)nc(-c3ccc4c(c3)-n3c5ccccc5c5cccc(c53)C43c4ccccc4-c4ccccc43)n2)C1. The molecule has 0 saturated heterocycles. The zero-order valence-corrected chi connectivity index (χ0v) is 28.1. The Bertz CT molecular complexity index is 2760. The maximum atomic E-state index is 5.21. The highest BCUT2D eigenvalue weighted by molar-refractivity contribution is 6.13. The van der Waals surface area contributed by atoms with E-state index < -0.39 is 5.41 Å². The zero-order valence-electron chi connectivity index (χ0n) is 28.1. The monoisotopic (exact) mass is 652 g/mol. The number of aromatic nitrogens is 4. The first-order valence-electron chi connectivity index (χ1n) is 17.8. The van der Waals surface area contributed by atoms with Crippen molar-refractivity contribution in [1.29, 1.82) is 0 Å². The van der Waals surface area contributed by atoms with Crippen LogP contribution in [0.15, 0.2) is 158 Å². The number of nitrogens with zero attached hydrogens (tertiary/aromatic N) is 4. The molecule has 3 aliphatic rings. The molecular formula is C47H32N4. The third-order valence-corrected chi connectivity index (χ3v) is 11.2. The van der Waals surface area contributed by atoms with Gasteiger partial charge in [-0.25, -0.2) is 15.0 Å². The Morgan fingerprint density at radius 3 is 2.00 bits per heavy atom. The molecule has 6 aromatic carbocycles. The number of hydrogen-bond donors (Lipinski definition) is 0. The van der Waals surface area contributed by atoms with Crippen LogP contribution in [0.4, 0.5) is 0 Å². The molecule has 1 aliphatic heterocycles. The van der Waals surface area contributed by atoms with Crippen LogP contribution in [0, 0.1) is 5.92 Å². The van der Waals surface area contributed by atoms with Crippen LogP contribution >= 0.6 is 0 Å². The number of allylic oxidation sites excluding steroid dienone is 4. The summed E-state index contributed by atoms with van der Waals surface area (Å²) in [7, 11) is 0. The van der Waals surface area contributed by atoms with Gasteiger partial charge in [-0.15, -0.1) is 0 Å². The van der Waals surface area contributed by atoms with Gasteiger partial charge < -0.3 is 4.57 Å². The lowest BCUT2D eigenvalue weighted by Crippen LogP contribution is -2.33. The van der Waals surface area contributed by atoms with E-state index >= 15 is 0 Å². The Morgan fingerprint density at radius 1 is 0.569 bits per heavy atom. The summed E-state index contributed by atoms with van der Waals surface area (Å²) in [5.74, 6) is 2.53. The summed E-state index contributed by atoms with van der Waals surface area (Å²) in [6, 6.07) is 50.8. The van der Waals surface area contributed by atoms with Gasteiger partial charge in [0.1, 0.15) is 0 Å². The van der Waals surface area contributed by atoms with E-state index in [0.717, 1.165) is 34.6 Å². The van der Waals surface area contributed by atoms with E-state index in [1.165, 1.54) is 55.2 Å². The molecule has 0 N–H and O–H groups in total. The quantitative estimate of drug-likeness (QED) is 0.191. The summed E-state index contributed by atoms with van der Waals surface area (Å²) in [5, 5.41) is 2.52. The average molecular weight is 653 g/mol. The van der Waals surface area contributed by atoms with Gasteiger partial charge in [0.25, 0.3) is 0 Å². The minimum Gasteiger partial charge on any atom is -0.309 e. The second-order valence-electron chi connectivity index (χ2n) is 14.1. The van der Waals surface area contributed by atoms with E-state index in [1.807, 2.05) is 18.2 Å². The molecule has 1 atom stereocenters. The Labute approximate surface area is 296 Å². The van der Waals surface area contributed by atoms with Gasteiger partial charge in [-0.05, 0) is 63.4 Å². The van der Waals surface area contributed by atoms with Crippen molar-refractivity contribution in [3.8, 4) is 39.6 Å². The average Bonchev–Trinajstić information content (AvgIpc) is 3.69. The summed E-state index contributed by atoms with van der Waals surface area (Å²) < 4.78 is 2.49. The highest BCUT2D eigenvalue weighted by Crippen LogP contribution is 2.61. The first-order chi connectivity index (χ1) is 25.2. The van der Waals surface area contributed by atoms with E-state index in [0.29, 0.717) is 17.6 Å². The van der Waals surface area contributed by atoms with Crippen molar-refractivity contribution in [2.75, 3.05) is 0 Å². The molecule has 8 aromatic rings. The smallest absolute Gasteiger partial charge is 0.164 e. The molecule has 0 radical (unpaired) electrons. The van der Waals surface area contributed by atoms with Crippen molar-refractivity contribution >= 4 is 27.4 Å². The Hall–Kier alpha value is -6.39. The molecular weight excluding hydrogens is 621 g/mol. The van der Waals surface area contributed by atoms with Gasteiger partial charge in [0.2, 0.25) is 0 Å². The maximum absolute atomic E-state index is 5.21. The molecule has 240 valence electrons. The van der Waals surface area contributed by atoms with Crippen molar-refractivity contribution < 1.29 is 0 Å². The Balaban J connectivity index is 1.24. The Kier molecular flexibility index (Phi) is 5.89. The van der Waals surface area contributed by atoms with Gasteiger partial charge >= 0.3 is 0 Å². The summed E-state index contributed by atoms with van der Waals surface area (Å²) in [6.45, 7) is 2.24. The number of hydrogen-bond acceptors (Lipinski definition) is 3. The molecule has 2 aliphatic carbocycles. The lowest BCUT2D eigenvalue weighted by molar-refractivity contribution is 0.742. The predicted octanol–water partition coefficient (Wildman–Crippen LogP) is 11.0. The molecule has 51 heavy (non-hydrogen) atoms. The molecule has 0 bridgehead atoms. The number of para-hydroxylation sites is 2. The fourth-order valence-corrected chi connectivity index (χ4v) is 9.08. The molecule has 1 unspecified atom stereocenters. The summed E-state index contributed by atoms with van der Waals surface area (Å²) in [6.07, 6.45) is 7.41. The van der Waals surface area contributed by atoms with E-state index in [2.05, 4.69) is 151 Å². The molecule has 3 heterocycles. The number of rotatable bonds is 3. The van der Waals surface area contributed by atoms with E-state index in [1.54, 1.807) is 0 Å². The Morgan fingerprint density at radius 2 is 1.22 bits per heavy atom. The molecule has 4 nitrogen and oxygen atoms in total. The second kappa shape index (κ2) is 10.6. The molecule has 1 spiro atoms. The minimum absolute atomic E-state index is 0.423.